The van der Waals surface area contributed by atoms with Crippen LogP contribution < -0.4 is 5.32 Å². The Morgan fingerprint density at radius 3 is 2.64 bits per heavy atom. The van der Waals surface area contributed by atoms with Gasteiger partial charge in [-0.15, -0.1) is 11.6 Å². The van der Waals surface area contributed by atoms with E-state index in [2.05, 4.69) is 5.32 Å². The molecule has 5 heteroatoms. The van der Waals surface area contributed by atoms with E-state index in [0.29, 0.717) is 6.54 Å². The van der Waals surface area contributed by atoms with Crippen LogP contribution in [0.4, 0.5) is 0 Å². The molecule has 0 bridgehead atoms. The molecule has 4 nitrogen and oxygen atoms in total. The summed E-state index contributed by atoms with van der Waals surface area (Å²) < 4.78 is 0. The molecule has 0 heterocycles. The molecular weight excluding hydrogens is 206 g/mol. The molecular formula is C9H18ClNO3. The number of rotatable bonds is 9. The quantitative estimate of drug-likeness (QED) is 0.400. The summed E-state index contributed by atoms with van der Waals surface area (Å²) in [7, 11) is 0. The monoisotopic (exact) mass is 223 g/mol. The van der Waals surface area contributed by atoms with E-state index in [1.54, 1.807) is 0 Å². The normalized spacial score (nSPS) is 12.7. The molecule has 0 rings (SSSR count). The van der Waals surface area contributed by atoms with Crippen LogP contribution in [0, 0.1) is 0 Å². The highest BCUT2D eigenvalue weighted by atomic mass is 35.5. The third-order valence-electron chi connectivity index (χ3n) is 1.80. The number of alkyl halides is 1. The van der Waals surface area contributed by atoms with Crippen molar-refractivity contribution in [3.63, 3.8) is 0 Å². The van der Waals surface area contributed by atoms with Gasteiger partial charge in [0, 0.05) is 18.8 Å². The van der Waals surface area contributed by atoms with Gasteiger partial charge in [0.05, 0.1) is 6.10 Å². The van der Waals surface area contributed by atoms with E-state index < -0.39 is 12.1 Å². The van der Waals surface area contributed by atoms with Gasteiger partial charge in [0.25, 0.3) is 0 Å². The van der Waals surface area contributed by atoms with Crippen LogP contribution in [0.2, 0.25) is 0 Å². The zero-order valence-corrected chi connectivity index (χ0v) is 8.96. The van der Waals surface area contributed by atoms with Gasteiger partial charge in [-0.25, -0.2) is 0 Å². The fourth-order valence-corrected chi connectivity index (χ4v) is 1.14. The topological polar surface area (TPSA) is 69.6 Å². The van der Waals surface area contributed by atoms with Crippen LogP contribution in [-0.4, -0.2) is 41.3 Å². The molecule has 0 radical (unpaired) electrons. The third kappa shape index (κ3) is 9.77. The number of halogens is 1. The van der Waals surface area contributed by atoms with Crippen molar-refractivity contribution < 1.29 is 15.0 Å². The lowest BCUT2D eigenvalue weighted by Crippen LogP contribution is -2.28. The van der Waals surface area contributed by atoms with E-state index in [-0.39, 0.29) is 12.3 Å². The molecule has 84 valence electrons. The summed E-state index contributed by atoms with van der Waals surface area (Å²) in [5, 5.41) is 20.5. The molecule has 0 amide bonds. The van der Waals surface area contributed by atoms with Crippen LogP contribution in [0.1, 0.15) is 25.7 Å². The molecule has 0 saturated carbocycles. The Bertz CT molecular complexity index is 155. The van der Waals surface area contributed by atoms with Crippen LogP contribution >= 0.6 is 11.6 Å². The van der Waals surface area contributed by atoms with Crippen molar-refractivity contribution in [3.8, 4) is 0 Å². The Kier molecular flexibility index (Phi) is 9.03. The molecule has 14 heavy (non-hydrogen) atoms. The first kappa shape index (κ1) is 13.7. The number of carbonyl (C=O) groups is 1. The SMILES string of the molecule is O=C(O)CCCCCNCC(O)CCl. The van der Waals surface area contributed by atoms with E-state index >= 15 is 0 Å². The van der Waals surface area contributed by atoms with E-state index in [4.69, 9.17) is 21.8 Å². The Morgan fingerprint density at radius 1 is 1.36 bits per heavy atom. The molecule has 1 unspecified atom stereocenters. The predicted molar refractivity (Wildman–Crippen MR) is 55.7 cm³/mol. The lowest BCUT2D eigenvalue weighted by Gasteiger charge is -2.07. The molecule has 0 saturated heterocycles. The number of hydrogen-bond donors (Lipinski definition) is 3. The van der Waals surface area contributed by atoms with Gasteiger partial charge in [0.15, 0.2) is 0 Å². The molecule has 0 aromatic heterocycles. The molecule has 0 spiro atoms. The van der Waals surface area contributed by atoms with Crippen LogP contribution in [-0.2, 0) is 4.79 Å². The summed E-state index contributed by atoms with van der Waals surface area (Å²) in [6.45, 7) is 1.30. The number of carboxylic acid groups (broad SMARTS) is 1. The van der Waals surface area contributed by atoms with Crippen molar-refractivity contribution in [1.82, 2.24) is 5.32 Å². The summed E-state index contributed by atoms with van der Waals surface area (Å²) in [6.07, 6.45) is 2.30. The van der Waals surface area contributed by atoms with Gasteiger partial charge < -0.3 is 15.5 Å². The third-order valence-corrected chi connectivity index (χ3v) is 2.16. The molecule has 3 N–H and O–H groups in total. The summed E-state index contributed by atoms with van der Waals surface area (Å²) in [6, 6.07) is 0. The highest BCUT2D eigenvalue weighted by Gasteiger charge is 2.00. The standard InChI is InChI=1S/C9H18ClNO3/c10-6-8(12)7-11-5-3-1-2-4-9(13)14/h8,11-12H,1-7H2,(H,13,14). The lowest BCUT2D eigenvalue weighted by atomic mass is 10.2. The number of aliphatic hydroxyl groups is 1. The maximum atomic E-state index is 10.2. The van der Waals surface area contributed by atoms with Crippen molar-refractivity contribution in [2.45, 2.75) is 31.8 Å². The van der Waals surface area contributed by atoms with Gasteiger partial charge in [-0.05, 0) is 19.4 Å². The van der Waals surface area contributed by atoms with Gasteiger partial charge >= 0.3 is 5.97 Å². The van der Waals surface area contributed by atoms with Gasteiger partial charge in [-0.2, -0.15) is 0 Å². The van der Waals surface area contributed by atoms with Crippen LogP contribution in [0.3, 0.4) is 0 Å². The van der Waals surface area contributed by atoms with E-state index in [1.165, 1.54) is 0 Å². The van der Waals surface area contributed by atoms with Crippen molar-refractivity contribution in [3.05, 3.63) is 0 Å². The minimum absolute atomic E-state index is 0.240. The number of carboxylic acids is 1. The molecule has 0 aromatic carbocycles. The van der Waals surface area contributed by atoms with Crippen molar-refractivity contribution in [2.24, 2.45) is 0 Å². The molecule has 0 aliphatic rings. The maximum Gasteiger partial charge on any atom is 0.303 e. The molecule has 0 aliphatic heterocycles. The van der Waals surface area contributed by atoms with Gasteiger partial charge in [0.2, 0.25) is 0 Å². The first-order chi connectivity index (χ1) is 6.66. The number of aliphatic carboxylic acids is 1. The Balaban J connectivity index is 3.02. The lowest BCUT2D eigenvalue weighted by molar-refractivity contribution is -0.137. The summed E-state index contributed by atoms with van der Waals surface area (Å²) >= 11 is 5.39. The van der Waals surface area contributed by atoms with Crippen molar-refractivity contribution in [1.29, 1.82) is 0 Å². The van der Waals surface area contributed by atoms with Crippen molar-refractivity contribution in [2.75, 3.05) is 19.0 Å². The highest BCUT2D eigenvalue weighted by molar-refractivity contribution is 6.18. The van der Waals surface area contributed by atoms with Crippen molar-refractivity contribution >= 4 is 17.6 Å². The number of aliphatic hydroxyl groups excluding tert-OH is 1. The van der Waals surface area contributed by atoms with Gasteiger partial charge in [-0.3, -0.25) is 4.79 Å². The molecule has 0 aliphatic carbocycles. The second-order valence-corrected chi connectivity index (χ2v) is 3.53. The van der Waals surface area contributed by atoms with Crippen LogP contribution in [0.5, 0.6) is 0 Å². The predicted octanol–water partition coefficient (Wildman–Crippen LogP) is 0.821. The number of nitrogens with one attached hydrogen (secondary N) is 1. The van der Waals surface area contributed by atoms with Gasteiger partial charge in [-0.1, -0.05) is 6.42 Å². The maximum absolute atomic E-state index is 10.2. The smallest absolute Gasteiger partial charge is 0.303 e. The molecule has 0 aromatic rings. The van der Waals surface area contributed by atoms with Crippen LogP contribution in [0.25, 0.3) is 0 Å². The largest absolute Gasteiger partial charge is 0.481 e. The molecule has 0 fully saturated rings. The summed E-state index contributed by atoms with van der Waals surface area (Å²) in [4.78, 5) is 10.2. The zero-order chi connectivity index (χ0) is 10.8. The van der Waals surface area contributed by atoms with Crippen LogP contribution in [0.15, 0.2) is 0 Å². The second kappa shape index (κ2) is 9.24. The van der Waals surface area contributed by atoms with E-state index in [9.17, 15) is 4.79 Å². The summed E-state index contributed by atoms with van der Waals surface area (Å²) in [5.41, 5.74) is 0. The Labute approximate surface area is 89.3 Å². The average Bonchev–Trinajstić information content (AvgIpc) is 2.15. The first-order valence-corrected chi connectivity index (χ1v) is 5.36. The summed E-state index contributed by atoms with van der Waals surface area (Å²) in [5.74, 6) is -0.498. The zero-order valence-electron chi connectivity index (χ0n) is 8.21. The molecule has 1 atom stereocenters. The van der Waals surface area contributed by atoms with E-state index in [1.807, 2.05) is 0 Å². The minimum Gasteiger partial charge on any atom is -0.481 e. The minimum atomic E-state index is -0.740. The van der Waals surface area contributed by atoms with E-state index in [0.717, 1.165) is 25.8 Å². The second-order valence-electron chi connectivity index (χ2n) is 3.22. The average molecular weight is 224 g/mol. The highest BCUT2D eigenvalue weighted by Crippen LogP contribution is 1.98. The Morgan fingerprint density at radius 2 is 2.07 bits per heavy atom. The number of hydrogen-bond acceptors (Lipinski definition) is 3. The fraction of sp³-hybridized carbons (Fsp3) is 0.889. The fourth-order valence-electron chi connectivity index (χ4n) is 1.03. The Hall–Kier alpha value is -0.320. The van der Waals surface area contributed by atoms with Gasteiger partial charge in [0.1, 0.15) is 0 Å². The number of unbranched alkanes of at least 4 members (excludes halogenated alkanes) is 2. The first-order valence-electron chi connectivity index (χ1n) is 4.83.